The van der Waals surface area contributed by atoms with Gasteiger partial charge in [0.2, 0.25) is 11.8 Å². The number of rotatable bonds is 10. The van der Waals surface area contributed by atoms with Gasteiger partial charge in [0, 0.05) is 19.0 Å². The summed E-state index contributed by atoms with van der Waals surface area (Å²) in [5, 5.41) is 2.96. The average molecular weight is 427 g/mol. The predicted molar refractivity (Wildman–Crippen MR) is 123 cm³/mol. The van der Waals surface area contributed by atoms with E-state index in [9.17, 15) is 14.0 Å². The van der Waals surface area contributed by atoms with E-state index < -0.39 is 6.04 Å². The van der Waals surface area contributed by atoms with Gasteiger partial charge in [0.25, 0.3) is 0 Å². The lowest BCUT2D eigenvalue weighted by Gasteiger charge is -2.30. The summed E-state index contributed by atoms with van der Waals surface area (Å²) in [7, 11) is 0. The molecule has 1 N–H and O–H groups in total. The third-order valence-electron chi connectivity index (χ3n) is 5.71. The van der Waals surface area contributed by atoms with E-state index in [-0.39, 0.29) is 30.2 Å². The molecule has 0 aromatic heterocycles. The Balaban J connectivity index is 2.12. The van der Waals surface area contributed by atoms with Crippen molar-refractivity contribution in [2.75, 3.05) is 0 Å². The summed E-state index contributed by atoms with van der Waals surface area (Å²) >= 11 is 0. The van der Waals surface area contributed by atoms with E-state index in [4.69, 9.17) is 0 Å². The van der Waals surface area contributed by atoms with Gasteiger partial charge in [-0.1, -0.05) is 57.2 Å². The Hall–Kier alpha value is -2.69. The molecule has 2 aromatic carbocycles. The topological polar surface area (TPSA) is 49.4 Å². The Morgan fingerprint density at radius 1 is 0.935 bits per heavy atom. The minimum Gasteiger partial charge on any atom is -0.352 e. The van der Waals surface area contributed by atoms with Crippen LogP contribution in [-0.4, -0.2) is 28.8 Å². The molecule has 0 aliphatic carbocycles. The van der Waals surface area contributed by atoms with Gasteiger partial charge in [-0.2, -0.15) is 0 Å². The SMILES string of the molecule is CC[C@@H](C)NC(=O)[C@@H](C)N(Cc1ccc(F)cc1)C(=O)CCc1ccc(C(C)C)cc1. The van der Waals surface area contributed by atoms with E-state index in [1.165, 1.54) is 17.7 Å². The number of aryl methyl sites for hydroxylation is 1. The highest BCUT2D eigenvalue weighted by Gasteiger charge is 2.26. The van der Waals surface area contributed by atoms with Gasteiger partial charge in [-0.05, 0) is 61.4 Å². The molecule has 0 saturated carbocycles. The molecule has 0 unspecified atom stereocenters. The van der Waals surface area contributed by atoms with Crippen molar-refractivity contribution >= 4 is 11.8 Å². The van der Waals surface area contributed by atoms with Crippen LogP contribution in [0.3, 0.4) is 0 Å². The minimum atomic E-state index is -0.616. The van der Waals surface area contributed by atoms with Crippen LogP contribution in [0.4, 0.5) is 4.39 Å². The summed E-state index contributed by atoms with van der Waals surface area (Å²) in [5.41, 5.74) is 3.15. The molecule has 0 aliphatic rings. The second-order valence-corrected chi connectivity index (χ2v) is 8.54. The average Bonchev–Trinajstić information content (AvgIpc) is 2.76. The molecule has 4 nitrogen and oxygen atoms in total. The van der Waals surface area contributed by atoms with E-state index >= 15 is 0 Å². The molecule has 2 atom stereocenters. The van der Waals surface area contributed by atoms with Gasteiger partial charge >= 0.3 is 0 Å². The Morgan fingerprint density at radius 3 is 2.06 bits per heavy atom. The van der Waals surface area contributed by atoms with Crippen LogP contribution in [0.1, 0.15) is 70.1 Å². The normalized spacial score (nSPS) is 13.0. The van der Waals surface area contributed by atoms with Gasteiger partial charge in [0.15, 0.2) is 0 Å². The van der Waals surface area contributed by atoms with Crippen LogP contribution >= 0.6 is 0 Å². The molecular formula is C26H35FN2O2. The summed E-state index contributed by atoms with van der Waals surface area (Å²) < 4.78 is 13.3. The Kier molecular flexibility index (Phi) is 9.22. The predicted octanol–water partition coefficient (Wildman–Crippen LogP) is 5.21. The summed E-state index contributed by atoms with van der Waals surface area (Å²) in [4.78, 5) is 27.4. The van der Waals surface area contributed by atoms with Gasteiger partial charge in [-0.15, -0.1) is 0 Å². The summed E-state index contributed by atoms with van der Waals surface area (Å²) in [6, 6.07) is 13.8. The van der Waals surface area contributed by atoms with Crippen molar-refractivity contribution in [2.45, 2.75) is 78.4 Å². The molecule has 0 aliphatic heterocycles. The molecule has 2 aromatic rings. The summed E-state index contributed by atoms with van der Waals surface area (Å²) in [6.07, 6.45) is 1.73. The van der Waals surface area contributed by atoms with Crippen molar-refractivity contribution in [3.63, 3.8) is 0 Å². The molecule has 0 spiro atoms. The molecule has 168 valence electrons. The molecule has 2 amide bonds. The summed E-state index contributed by atoms with van der Waals surface area (Å²) in [5.74, 6) is -0.129. The molecule has 31 heavy (non-hydrogen) atoms. The maximum Gasteiger partial charge on any atom is 0.242 e. The van der Waals surface area contributed by atoms with E-state index in [0.29, 0.717) is 18.8 Å². The number of amides is 2. The van der Waals surface area contributed by atoms with Gasteiger partial charge in [0.1, 0.15) is 11.9 Å². The Morgan fingerprint density at radius 2 is 1.52 bits per heavy atom. The highest BCUT2D eigenvalue weighted by Crippen LogP contribution is 2.17. The molecule has 0 saturated heterocycles. The fraction of sp³-hybridized carbons (Fsp3) is 0.462. The molecular weight excluding hydrogens is 391 g/mol. The fourth-order valence-corrected chi connectivity index (χ4v) is 3.30. The Bertz CT molecular complexity index is 847. The summed E-state index contributed by atoms with van der Waals surface area (Å²) in [6.45, 7) is 10.3. The molecule has 0 bridgehead atoms. The number of hydrogen-bond acceptors (Lipinski definition) is 2. The van der Waals surface area contributed by atoms with E-state index in [1.807, 2.05) is 13.8 Å². The lowest BCUT2D eigenvalue weighted by Crippen LogP contribution is -2.49. The van der Waals surface area contributed by atoms with E-state index in [2.05, 4.69) is 43.4 Å². The highest BCUT2D eigenvalue weighted by molar-refractivity contribution is 5.87. The van der Waals surface area contributed by atoms with Gasteiger partial charge in [0.05, 0.1) is 0 Å². The van der Waals surface area contributed by atoms with Crippen molar-refractivity contribution < 1.29 is 14.0 Å². The zero-order valence-electron chi connectivity index (χ0n) is 19.3. The number of hydrogen-bond donors (Lipinski definition) is 1. The number of benzene rings is 2. The van der Waals surface area contributed by atoms with Gasteiger partial charge < -0.3 is 10.2 Å². The second-order valence-electron chi connectivity index (χ2n) is 8.54. The zero-order valence-corrected chi connectivity index (χ0v) is 19.3. The standard InChI is InChI=1S/C26H35FN2O2/c1-6-19(4)28-26(31)20(5)29(17-22-9-14-24(27)15-10-22)25(30)16-11-21-7-12-23(13-8-21)18(2)3/h7-10,12-15,18-20H,6,11,16-17H2,1-5H3,(H,28,31)/t19-,20-/m1/s1. The first-order chi connectivity index (χ1) is 14.7. The molecule has 0 fully saturated rings. The van der Waals surface area contributed by atoms with Crippen LogP contribution in [0.2, 0.25) is 0 Å². The lowest BCUT2D eigenvalue weighted by atomic mass is 10.00. The van der Waals surface area contributed by atoms with Crippen molar-refractivity contribution in [3.05, 3.63) is 71.0 Å². The number of carbonyl (C=O) groups excluding carboxylic acids is 2. The number of nitrogens with zero attached hydrogens (tertiary/aromatic N) is 1. The second kappa shape index (κ2) is 11.6. The number of carbonyl (C=O) groups is 2. The quantitative estimate of drug-likeness (QED) is 0.567. The van der Waals surface area contributed by atoms with Crippen LogP contribution in [0.5, 0.6) is 0 Å². The number of halogens is 1. The van der Waals surface area contributed by atoms with Crippen LogP contribution in [-0.2, 0) is 22.6 Å². The monoisotopic (exact) mass is 426 g/mol. The lowest BCUT2D eigenvalue weighted by molar-refractivity contribution is -0.140. The largest absolute Gasteiger partial charge is 0.352 e. The van der Waals surface area contributed by atoms with E-state index in [0.717, 1.165) is 17.5 Å². The van der Waals surface area contributed by atoms with Gasteiger partial charge in [-0.25, -0.2) is 4.39 Å². The fourth-order valence-electron chi connectivity index (χ4n) is 3.30. The molecule has 2 rings (SSSR count). The van der Waals surface area contributed by atoms with Crippen LogP contribution < -0.4 is 5.32 Å². The zero-order chi connectivity index (χ0) is 23.0. The molecule has 0 heterocycles. The molecule has 0 radical (unpaired) electrons. The van der Waals surface area contributed by atoms with Crippen molar-refractivity contribution in [2.24, 2.45) is 0 Å². The first kappa shape index (κ1) is 24.6. The third-order valence-corrected chi connectivity index (χ3v) is 5.71. The highest BCUT2D eigenvalue weighted by atomic mass is 19.1. The van der Waals surface area contributed by atoms with Crippen molar-refractivity contribution in [1.82, 2.24) is 10.2 Å². The van der Waals surface area contributed by atoms with Crippen LogP contribution in [0, 0.1) is 5.82 Å². The van der Waals surface area contributed by atoms with E-state index in [1.54, 1.807) is 24.0 Å². The maximum absolute atomic E-state index is 13.3. The van der Waals surface area contributed by atoms with Crippen molar-refractivity contribution in [3.8, 4) is 0 Å². The van der Waals surface area contributed by atoms with Gasteiger partial charge in [-0.3, -0.25) is 9.59 Å². The third kappa shape index (κ3) is 7.50. The Labute approximate surface area is 185 Å². The minimum absolute atomic E-state index is 0.0391. The molecule has 5 heteroatoms. The maximum atomic E-state index is 13.3. The van der Waals surface area contributed by atoms with Crippen molar-refractivity contribution in [1.29, 1.82) is 0 Å². The first-order valence-electron chi connectivity index (χ1n) is 11.1. The van der Waals surface area contributed by atoms with Crippen LogP contribution in [0.25, 0.3) is 0 Å². The smallest absolute Gasteiger partial charge is 0.242 e. The number of nitrogens with one attached hydrogen (secondary N) is 1. The van der Waals surface area contributed by atoms with Crippen LogP contribution in [0.15, 0.2) is 48.5 Å². The first-order valence-corrected chi connectivity index (χ1v) is 11.1.